The molecule has 0 atom stereocenters. The van der Waals surface area contributed by atoms with E-state index in [0.29, 0.717) is 5.92 Å². The molecule has 1 aromatic carbocycles. The molecule has 0 unspecified atom stereocenters. The number of aromatic nitrogens is 3. The maximum absolute atomic E-state index is 4.40. The SMILES string of the molecule is Cc1cc(C)c2c(c1)c(C)cc1nnc(SCC(C)C)n12. The standard InChI is InChI=1S/C17H21N3S/c1-10(2)9-21-17-19-18-15-8-12(4)14-7-11(3)6-13(5)16(14)20(15)17/h6-8,10H,9H2,1-5H3. The lowest BCUT2D eigenvalue weighted by Gasteiger charge is -2.11. The molecular weight excluding hydrogens is 278 g/mol. The number of nitrogens with zero attached hydrogens (tertiary/aromatic N) is 3. The fourth-order valence-electron chi connectivity index (χ4n) is 2.75. The van der Waals surface area contributed by atoms with E-state index in [9.17, 15) is 0 Å². The second-order valence-electron chi connectivity index (χ2n) is 6.19. The lowest BCUT2D eigenvalue weighted by molar-refractivity contribution is 0.747. The van der Waals surface area contributed by atoms with Gasteiger partial charge in [0.1, 0.15) is 0 Å². The predicted octanol–water partition coefficient (Wildman–Crippen LogP) is 4.56. The molecule has 0 aliphatic carbocycles. The number of hydrogen-bond acceptors (Lipinski definition) is 3. The van der Waals surface area contributed by atoms with Crippen molar-refractivity contribution in [2.24, 2.45) is 5.92 Å². The van der Waals surface area contributed by atoms with E-state index in [1.807, 2.05) is 0 Å². The fourth-order valence-corrected chi connectivity index (χ4v) is 3.64. The van der Waals surface area contributed by atoms with E-state index in [4.69, 9.17) is 0 Å². The number of thioether (sulfide) groups is 1. The summed E-state index contributed by atoms with van der Waals surface area (Å²) in [6, 6.07) is 6.62. The second-order valence-corrected chi connectivity index (χ2v) is 7.17. The Hall–Kier alpha value is -1.55. The van der Waals surface area contributed by atoms with Crippen LogP contribution < -0.4 is 0 Å². The molecule has 2 aromatic heterocycles. The molecule has 0 saturated carbocycles. The number of hydrogen-bond donors (Lipinski definition) is 0. The molecule has 2 heterocycles. The summed E-state index contributed by atoms with van der Waals surface area (Å²) in [5.74, 6) is 1.70. The first-order chi connectivity index (χ1) is 9.97. The van der Waals surface area contributed by atoms with Crippen LogP contribution in [0, 0.1) is 26.7 Å². The molecule has 0 radical (unpaired) electrons. The molecule has 0 amide bonds. The minimum Gasteiger partial charge on any atom is -0.270 e. The van der Waals surface area contributed by atoms with Crippen LogP contribution in [0.15, 0.2) is 23.4 Å². The summed E-state index contributed by atoms with van der Waals surface area (Å²) in [5.41, 5.74) is 6.03. The molecular formula is C17H21N3S. The van der Waals surface area contributed by atoms with Gasteiger partial charge in [-0.1, -0.05) is 37.2 Å². The third-order valence-corrected chi connectivity index (χ3v) is 5.00. The van der Waals surface area contributed by atoms with Crippen LogP contribution >= 0.6 is 11.8 Å². The van der Waals surface area contributed by atoms with Gasteiger partial charge in [-0.3, -0.25) is 4.40 Å². The summed E-state index contributed by atoms with van der Waals surface area (Å²) in [6.07, 6.45) is 0. The number of benzene rings is 1. The number of pyridine rings is 1. The zero-order valence-corrected chi connectivity index (χ0v) is 14.1. The highest BCUT2D eigenvalue weighted by Crippen LogP contribution is 2.29. The molecule has 0 fully saturated rings. The van der Waals surface area contributed by atoms with Crippen molar-refractivity contribution in [3.63, 3.8) is 0 Å². The van der Waals surface area contributed by atoms with Crippen LogP contribution in [0.25, 0.3) is 16.6 Å². The van der Waals surface area contributed by atoms with Gasteiger partial charge in [-0.2, -0.15) is 0 Å². The largest absolute Gasteiger partial charge is 0.270 e. The van der Waals surface area contributed by atoms with Gasteiger partial charge in [0.2, 0.25) is 0 Å². The molecule has 110 valence electrons. The minimum atomic E-state index is 0.641. The van der Waals surface area contributed by atoms with E-state index >= 15 is 0 Å². The van der Waals surface area contributed by atoms with E-state index in [1.165, 1.54) is 27.6 Å². The van der Waals surface area contributed by atoms with Gasteiger partial charge in [-0.25, -0.2) is 0 Å². The van der Waals surface area contributed by atoms with Crippen molar-refractivity contribution >= 4 is 28.3 Å². The number of rotatable bonds is 3. The first-order valence-corrected chi connectivity index (χ1v) is 8.34. The van der Waals surface area contributed by atoms with Crippen LogP contribution in [0.3, 0.4) is 0 Å². The Kier molecular flexibility index (Phi) is 3.66. The van der Waals surface area contributed by atoms with Crippen LogP contribution in [0.5, 0.6) is 0 Å². The van der Waals surface area contributed by atoms with Crippen molar-refractivity contribution in [3.8, 4) is 0 Å². The van der Waals surface area contributed by atoms with Gasteiger partial charge in [0.15, 0.2) is 10.8 Å². The van der Waals surface area contributed by atoms with Crippen LogP contribution in [0.4, 0.5) is 0 Å². The zero-order chi connectivity index (χ0) is 15.1. The van der Waals surface area contributed by atoms with E-state index in [2.05, 4.69) is 67.4 Å². The molecule has 3 nitrogen and oxygen atoms in total. The van der Waals surface area contributed by atoms with Crippen molar-refractivity contribution < 1.29 is 0 Å². The summed E-state index contributed by atoms with van der Waals surface area (Å²) < 4.78 is 2.21. The molecule has 21 heavy (non-hydrogen) atoms. The first-order valence-electron chi connectivity index (χ1n) is 7.36. The monoisotopic (exact) mass is 299 g/mol. The quantitative estimate of drug-likeness (QED) is 0.664. The van der Waals surface area contributed by atoms with Crippen molar-refractivity contribution in [3.05, 3.63) is 34.9 Å². The van der Waals surface area contributed by atoms with Gasteiger partial charge in [0, 0.05) is 11.1 Å². The molecule has 3 aromatic rings. The van der Waals surface area contributed by atoms with Crippen LogP contribution in [0.2, 0.25) is 0 Å². The molecule has 0 saturated heterocycles. The van der Waals surface area contributed by atoms with Crippen LogP contribution in [-0.4, -0.2) is 20.4 Å². The maximum Gasteiger partial charge on any atom is 0.196 e. The van der Waals surface area contributed by atoms with E-state index in [0.717, 1.165) is 16.6 Å². The molecule has 0 spiro atoms. The Bertz CT molecular complexity index is 818. The third-order valence-electron chi connectivity index (χ3n) is 3.64. The van der Waals surface area contributed by atoms with Crippen molar-refractivity contribution in [2.45, 2.75) is 39.8 Å². The van der Waals surface area contributed by atoms with Gasteiger partial charge in [-0.15, -0.1) is 10.2 Å². The van der Waals surface area contributed by atoms with Crippen LogP contribution in [0.1, 0.15) is 30.5 Å². The van der Waals surface area contributed by atoms with Gasteiger partial charge in [-0.05, 0) is 49.9 Å². The molecule has 0 N–H and O–H groups in total. The molecule has 4 heteroatoms. The average Bonchev–Trinajstić information content (AvgIpc) is 2.79. The number of fused-ring (bicyclic) bond motifs is 3. The average molecular weight is 299 g/mol. The lowest BCUT2D eigenvalue weighted by Crippen LogP contribution is -1.98. The third kappa shape index (κ3) is 2.53. The Labute approximate surface area is 129 Å². The van der Waals surface area contributed by atoms with E-state index in [1.54, 1.807) is 11.8 Å². The maximum atomic E-state index is 4.40. The Balaban J connectivity index is 2.31. The number of aryl methyl sites for hydroxylation is 3. The smallest absolute Gasteiger partial charge is 0.196 e. The van der Waals surface area contributed by atoms with Crippen molar-refractivity contribution in [1.82, 2.24) is 14.6 Å². The Morgan fingerprint density at radius 1 is 1.05 bits per heavy atom. The van der Waals surface area contributed by atoms with E-state index < -0.39 is 0 Å². The molecule has 3 rings (SSSR count). The van der Waals surface area contributed by atoms with Crippen molar-refractivity contribution in [1.29, 1.82) is 0 Å². The normalized spacial score (nSPS) is 11.9. The summed E-state index contributed by atoms with van der Waals surface area (Å²) in [6.45, 7) is 10.9. The summed E-state index contributed by atoms with van der Waals surface area (Å²) in [7, 11) is 0. The highest BCUT2D eigenvalue weighted by Gasteiger charge is 2.14. The highest BCUT2D eigenvalue weighted by molar-refractivity contribution is 7.99. The lowest BCUT2D eigenvalue weighted by atomic mass is 10.0. The second kappa shape index (κ2) is 5.34. The summed E-state index contributed by atoms with van der Waals surface area (Å²) >= 11 is 1.79. The molecule has 0 aliphatic rings. The molecule has 0 bridgehead atoms. The molecule has 0 aliphatic heterocycles. The fraction of sp³-hybridized carbons (Fsp3) is 0.412. The zero-order valence-electron chi connectivity index (χ0n) is 13.3. The van der Waals surface area contributed by atoms with Crippen LogP contribution in [-0.2, 0) is 0 Å². The summed E-state index contributed by atoms with van der Waals surface area (Å²) in [5, 5.41) is 11.1. The highest BCUT2D eigenvalue weighted by atomic mass is 32.2. The van der Waals surface area contributed by atoms with Gasteiger partial charge in [0.25, 0.3) is 0 Å². The minimum absolute atomic E-state index is 0.641. The Morgan fingerprint density at radius 2 is 1.81 bits per heavy atom. The predicted molar refractivity (Wildman–Crippen MR) is 90.3 cm³/mol. The van der Waals surface area contributed by atoms with E-state index in [-0.39, 0.29) is 0 Å². The first kappa shape index (κ1) is 14.4. The van der Waals surface area contributed by atoms with Gasteiger partial charge < -0.3 is 0 Å². The van der Waals surface area contributed by atoms with Gasteiger partial charge in [0.05, 0.1) is 5.52 Å². The summed E-state index contributed by atoms with van der Waals surface area (Å²) in [4.78, 5) is 0. The van der Waals surface area contributed by atoms with Gasteiger partial charge >= 0.3 is 0 Å². The van der Waals surface area contributed by atoms with Crippen molar-refractivity contribution in [2.75, 3.05) is 5.75 Å². The Morgan fingerprint density at radius 3 is 2.52 bits per heavy atom. The topological polar surface area (TPSA) is 30.2 Å².